The molecule has 1 N–H and O–H groups in total. The van der Waals surface area contributed by atoms with Crippen molar-refractivity contribution in [3.63, 3.8) is 0 Å². The van der Waals surface area contributed by atoms with Crippen molar-refractivity contribution in [1.29, 1.82) is 0 Å². The molecule has 0 radical (unpaired) electrons. The molecule has 3 aromatic heterocycles. The molecule has 0 unspecified atom stereocenters. The van der Waals surface area contributed by atoms with Crippen LogP contribution in [0.1, 0.15) is 29.6 Å². The van der Waals surface area contributed by atoms with Crippen molar-refractivity contribution >= 4 is 17.3 Å². The fourth-order valence-electron chi connectivity index (χ4n) is 3.10. The standard InChI is InChI=1S/C18H19N7O/c26-18(14-4-7-21-17(10-14)25-13-20-12-22-25)23-15-11-19-6-5-16(15)24-8-2-1-3-9-24/h4-7,10-13H,1-3,8-9H2,(H,23,26). The second-order valence-electron chi connectivity index (χ2n) is 6.14. The van der Waals surface area contributed by atoms with Gasteiger partial charge in [0.1, 0.15) is 12.7 Å². The van der Waals surface area contributed by atoms with E-state index >= 15 is 0 Å². The molecule has 0 spiro atoms. The summed E-state index contributed by atoms with van der Waals surface area (Å²) in [7, 11) is 0. The Morgan fingerprint density at radius 1 is 1.08 bits per heavy atom. The summed E-state index contributed by atoms with van der Waals surface area (Å²) < 4.78 is 1.51. The average molecular weight is 349 g/mol. The van der Waals surface area contributed by atoms with Crippen LogP contribution < -0.4 is 10.2 Å². The Morgan fingerprint density at radius 3 is 2.77 bits per heavy atom. The lowest BCUT2D eigenvalue weighted by Crippen LogP contribution is -2.30. The Labute approximate surface area is 150 Å². The van der Waals surface area contributed by atoms with Gasteiger partial charge in [-0.2, -0.15) is 5.10 Å². The van der Waals surface area contributed by atoms with E-state index in [0.29, 0.717) is 11.4 Å². The molecule has 0 aromatic carbocycles. The van der Waals surface area contributed by atoms with Crippen molar-refractivity contribution in [3.05, 3.63) is 55.0 Å². The smallest absolute Gasteiger partial charge is 0.255 e. The molecule has 1 aliphatic rings. The number of hydrogen-bond donors (Lipinski definition) is 1. The molecular formula is C18H19N7O. The fraction of sp³-hybridized carbons (Fsp3) is 0.278. The van der Waals surface area contributed by atoms with Crippen LogP contribution in [0.15, 0.2) is 49.4 Å². The second-order valence-corrected chi connectivity index (χ2v) is 6.14. The number of pyridine rings is 2. The number of nitrogens with one attached hydrogen (secondary N) is 1. The fourth-order valence-corrected chi connectivity index (χ4v) is 3.10. The molecule has 1 aliphatic heterocycles. The van der Waals surface area contributed by atoms with Gasteiger partial charge in [-0.15, -0.1) is 0 Å². The third kappa shape index (κ3) is 3.39. The van der Waals surface area contributed by atoms with E-state index in [1.807, 2.05) is 6.07 Å². The van der Waals surface area contributed by atoms with Gasteiger partial charge in [0, 0.05) is 31.0 Å². The van der Waals surface area contributed by atoms with Gasteiger partial charge in [0.25, 0.3) is 5.91 Å². The predicted molar refractivity (Wildman–Crippen MR) is 97.4 cm³/mol. The average Bonchev–Trinajstić information content (AvgIpc) is 3.24. The van der Waals surface area contributed by atoms with E-state index in [2.05, 4.69) is 30.3 Å². The highest BCUT2D eigenvalue weighted by molar-refractivity contribution is 6.06. The first-order valence-electron chi connectivity index (χ1n) is 8.62. The molecule has 0 saturated carbocycles. The summed E-state index contributed by atoms with van der Waals surface area (Å²) in [6, 6.07) is 5.31. The number of amides is 1. The van der Waals surface area contributed by atoms with Crippen LogP contribution in [0.4, 0.5) is 11.4 Å². The third-order valence-corrected chi connectivity index (χ3v) is 4.40. The van der Waals surface area contributed by atoms with Gasteiger partial charge >= 0.3 is 0 Å². The maximum Gasteiger partial charge on any atom is 0.255 e. The Kier molecular flexibility index (Phi) is 4.55. The van der Waals surface area contributed by atoms with E-state index in [0.717, 1.165) is 24.5 Å². The van der Waals surface area contributed by atoms with Gasteiger partial charge in [0.15, 0.2) is 5.82 Å². The van der Waals surface area contributed by atoms with E-state index < -0.39 is 0 Å². The minimum atomic E-state index is -0.208. The molecule has 8 nitrogen and oxygen atoms in total. The molecular weight excluding hydrogens is 330 g/mol. The van der Waals surface area contributed by atoms with Gasteiger partial charge in [-0.25, -0.2) is 14.6 Å². The molecule has 132 valence electrons. The highest BCUT2D eigenvalue weighted by Gasteiger charge is 2.17. The van der Waals surface area contributed by atoms with Crippen LogP contribution in [0.2, 0.25) is 0 Å². The molecule has 0 bridgehead atoms. The molecule has 4 heterocycles. The number of carbonyl (C=O) groups is 1. The number of piperidine rings is 1. The SMILES string of the molecule is O=C(Nc1cnccc1N1CCCCC1)c1ccnc(-n2cncn2)c1. The van der Waals surface area contributed by atoms with Crippen molar-refractivity contribution in [2.75, 3.05) is 23.3 Å². The number of nitrogens with zero attached hydrogens (tertiary/aromatic N) is 6. The van der Waals surface area contributed by atoms with Gasteiger partial charge in [-0.1, -0.05) is 0 Å². The molecule has 0 aliphatic carbocycles. The van der Waals surface area contributed by atoms with Crippen LogP contribution in [0, 0.1) is 0 Å². The summed E-state index contributed by atoms with van der Waals surface area (Å²) in [6.07, 6.45) is 11.6. The lowest BCUT2D eigenvalue weighted by atomic mass is 10.1. The molecule has 1 fully saturated rings. The monoisotopic (exact) mass is 349 g/mol. The minimum Gasteiger partial charge on any atom is -0.370 e. The summed E-state index contributed by atoms with van der Waals surface area (Å²) >= 11 is 0. The van der Waals surface area contributed by atoms with Crippen LogP contribution in [-0.4, -0.2) is 43.7 Å². The van der Waals surface area contributed by atoms with Crippen LogP contribution in [0.5, 0.6) is 0 Å². The quantitative estimate of drug-likeness (QED) is 0.777. The summed E-state index contributed by atoms with van der Waals surface area (Å²) in [4.78, 5) is 27.3. The van der Waals surface area contributed by atoms with Gasteiger partial charge in [0.05, 0.1) is 17.6 Å². The Balaban J connectivity index is 1.56. The number of rotatable bonds is 4. The zero-order chi connectivity index (χ0) is 17.8. The van der Waals surface area contributed by atoms with Gasteiger partial charge in [0.2, 0.25) is 0 Å². The Bertz CT molecular complexity index is 888. The van der Waals surface area contributed by atoms with E-state index in [4.69, 9.17) is 0 Å². The van der Waals surface area contributed by atoms with Crippen LogP contribution >= 0.6 is 0 Å². The van der Waals surface area contributed by atoms with Crippen LogP contribution in [0.3, 0.4) is 0 Å². The third-order valence-electron chi connectivity index (χ3n) is 4.40. The summed E-state index contributed by atoms with van der Waals surface area (Å²) in [5, 5.41) is 7.02. The first-order chi connectivity index (χ1) is 12.8. The molecule has 1 saturated heterocycles. The van der Waals surface area contributed by atoms with E-state index in [9.17, 15) is 4.79 Å². The Morgan fingerprint density at radius 2 is 1.96 bits per heavy atom. The summed E-state index contributed by atoms with van der Waals surface area (Å²) in [5.74, 6) is 0.331. The van der Waals surface area contributed by atoms with Gasteiger partial charge in [-0.3, -0.25) is 9.78 Å². The molecule has 4 rings (SSSR count). The zero-order valence-electron chi connectivity index (χ0n) is 14.2. The highest BCUT2D eigenvalue weighted by atomic mass is 16.1. The van der Waals surface area contributed by atoms with Crippen molar-refractivity contribution in [2.45, 2.75) is 19.3 Å². The maximum absolute atomic E-state index is 12.7. The maximum atomic E-state index is 12.7. The van der Waals surface area contributed by atoms with E-state index in [1.165, 1.54) is 30.3 Å². The molecule has 26 heavy (non-hydrogen) atoms. The lowest BCUT2D eigenvalue weighted by molar-refractivity contribution is 0.102. The number of anilines is 2. The normalized spacial score (nSPS) is 14.2. The van der Waals surface area contributed by atoms with Crippen molar-refractivity contribution in [3.8, 4) is 5.82 Å². The van der Waals surface area contributed by atoms with Crippen LogP contribution in [0.25, 0.3) is 5.82 Å². The first kappa shape index (κ1) is 16.2. The zero-order valence-corrected chi connectivity index (χ0v) is 14.2. The number of aromatic nitrogens is 5. The highest BCUT2D eigenvalue weighted by Crippen LogP contribution is 2.27. The molecule has 1 amide bonds. The minimum absolute atomic E-state index is 0.208. The van der Waals surface area contributed by atoms with Gasteiger partial charge < -0.3 is 10.2 Å². The van der Waals surface area contributed by atoms with Gasteiger partial charge in [-0.05, 0) is 37.5 Å². The largest absolute Gasteiger partial charge is 0.370 e. The second kappa shape index (κ2) is 7.30. The van der Waals surface area contributed by atoms with Crippen molar-refractivity contribution in [1.82, 2.24) is 24.7 Å². The van der Waals surface area contributed by atoms with Crippen molar-refractivity contribution < 1.29 is 4.79 Å². The van der Waals surface area contributed by atoms with E-state index in [-0.39, 0.29) is 5.91 Å². The molecule has 3 aromatic rings. The summed E-state index contributed by atoms with van der Waals surface area (Å²) in [5.41, 5.74) is 2.23. The lowest BCUT2D eigenvalue weighted by Gasteiger charge is -2.30. The number of carbonyl (C=O) groups excluding carboxylic acids is 1. The van der Waals surface area contributed by atoms with Crippen LogP contribution in [-0.2, 0) is 0 Å². The molecule has 8 heteroatoms. The van der Waals surface area contributed by atoms with E-state index in [1.54, 1.807) is 37.1 Å². The number of hydrogen-bond acceptors (Lipinski definition) is 6. The topological polar surface area (TPSA) is 88.8 Å². The summed E-state index contributed by atoms with van der Waals surface area (Å²) in [6.45, 7) is 2.00. The predicted octanol–water partition coefficient (Wildman–Crippen LogP) is 2.30. The van der Waals surface area contributed by atoms with Crippen molar-refractivity contribution in [2.24, 2.45) is 0 Å². The first-order valence-corrected chi connectivity index (χ1v) is 8.62. The molecule has 0 atom stereocenters. The Hall–Kier alpha value is -3.29.